The zero-order valence-electron chi connectivity index (χ0n) is 10.3. The van der Waals surface area contributed by atoms with Gasteiger partial charge in [0.05, 0.1) is 12.7 Å². The van der Waals surface area contributed by atoms with Gasteiger partial charge >= 0.3 is 0 Å². The molecule has 17 heavy (non-hydrogen) atoms. The summed E-state index contributed by atoms with van der Waals surface area (Å²) >= 11 is 0. The second kappa shape index (κ2) is 5.63. The van der Waals surface area contributed by atoms with Gasteiger partial charge in [-0.3, -0.25) is 0 Å². The fraction of sp³-hybridized carbons (Fsp3) is 0.500. The van der Waals surface area contributed by atoms with Crippen LogP contribution in [0.1, 0.15) is 24.4 Å². The number of hydrogen-bond acceptors (Lipinski definition) is 4. The van der Waals surface area contributed by atoms with Crippen LogP contribution in [0.2, 0.25) is 0 Å². The summed E-state index contributed by atoms with van der Waals surface area (Å²) < 4.78 is 7.53. The average Bonchev–Trinajstić information content (AvgIpc) is 2.94. The van der Waals surface area contributed by atoms with Crippen LogP contribution in [-0.4, -0.2) is 21.1 Å². The third-order valence-electron chi connectivity index (χ3n) is 2.67. The van der Waals surface area contributed by atoms with E-state index in [0.717, 1.165) is 36.9 Å². The highest BCUT2D eigenvalue weighted by atomic mass is 16.4. The number of nitrogens with zero attached hydrogens (tertiary/aromatic N) is 3. The van der Waals surface area contributed by atoms with Crippen LogP contribution in [0.25, 0.3) is 0 Å². The van der Waals surface area contributed by atoms with Gasteiger partial charge in [0.25, 0.3) is 0 Å². The van der Waals surface area contributed by atoms with E-state index in [1.54, 1.807) is 6.20 Å². The Morgan fingerprint density at radius 3 is 2.94 bits per heavy atom. The van der Waals surface area contributed by atoms with Gasteiger partial charge in [-0.15, -0.1) is 0 Å². The molecule has 0 saturated heterocycles. The molecule has 0 aliphatic heterocycles. The van der Waals surface area contributed by atoms with Crippen LogP contribution in [-0.2, 0) is 26.4 Å². The maximum atomic E-state index is 5.50. The van der Waals surface area contributed by atoms with Crippen molar-refractivity contribution >= 4 is 0 Å². The zero-order valence-corrected chi connectivity index (χ0v) is 10.3. The quantitative estimate of drug-likeness (QED) is 0.765. The molecule has 0 fully saturated rings. The molecule has 5 heteroatoms. The Kier molecular flexibility index (Phi) is 3.93. The van der Waals surface area contributed by atoms with E-state index in [-0.39, 0.29) is 0 Å². The smallest absolute Gasteiger partial charge is 0.208 e. The van der Waals surface area contributed by atoms with Crippen LogP contribution in [0.5, 0.6) is 0 Å². The molecule has 0 bridgehead atoms. The summed E-state index contributed by atoms with van der Waals surface area (Å²) in [5.74, 6) is 2.77. The van der Waals surface area contributed by atoms with Crippen molar-refractivity contribution in [1.82, 2.24) is 19.9 Å². The number of rotatable bonds is 6. The number of aryl methyl sites for hydroxylation is 2. The monoisotopic (exact) mass is 234 g/mol. The van der Waals surface area contributed by atoms with Gasteiger partial charge in [-0.25, -0.2) is 9.97 Å². The van der Waals surface area contributed by atoms with E-state index in [0.29, 0.717) is 6.54 Å². The van der Waals surface area contributed by atoms with Crippen molar-refractivity contribution in [2.45, 2.75) is 26.3 Å². The summed E-state index contributed by atoms with van der Waals surface area (Å²) in [6.45, 7) is 3.60. The van der Waals surface area contributed by atoms with Crippen LogP contribution in [0.4, 0.5) is 0 Å². The zero-order chi connectivity index (χ0) is 12.1. The third kappa shape index (κ3) is 3.17. The minimum Gasteiger partial charge on any atom is -0.444 e. The van der Waals surface area contributed by atoms with E-state index in [1.165, 1.54) is 0 Å². The molecule has 0 spiro atoms. The number of hydrogen-bond donors (Lipinski definition) is 1. The first kappa shape index (κ1) is 11.9. The van der Waals surface area contributed by atoms with Crippen molar-refractivity contribution in [3.05, 3.63) is 36.1 Å². The van der Waals surface area contributed by atoms with Crippen LogP contribution < -0.4 is 5.32 Å². The first-order valence-corrected chi connectivity index (χ1v) is 5.90. The lowest BCUT2D eigenvalue weighted by atomic mass is 10.4. The van der Waals surface area contributed by atoms with Gasteiger partial charge in [0.2, 0.25) is 5.89 Å². The Morgan fingerprint density at radius 2 is 2.29 bits per heavy atom. The van der Waals surface area contributed by atoms with Gasteiger partial charge in [-0.2, -0.15) is 0 Å². The third-order valence-corrected chi connectivity index (χ3v) is 2.67. The minimum absolute atomic E-state index is 0.671. The topological polar surface area (TPSA) is 55.9 Å². The molecule has 2 aromatic rings. The lowest BCUT2D eigenvalue weighted by Crippen LogP contribution is -2.18. The average molecular weight is 234 g/mol. The molecule has 0 atom stereocenters. The maximum Gasteiger partial charge on any atom is 0.208 e. The predicted octanol–water partition coefficient (Wildman–Crippen LogP) is 1.30. The second-order valence-electron chi connectivity index (χ2n) is 3.96. The highest BCUT2D eigenvalue weighted by molar-refractivity contribution is 4.94. The summed E-state index contributed by atoms with van der Waals surface area (Å²) in [7, 11) is 2.00. The Balaban J connectivity index is 1.71. The molecular formula is C12H18N4O. The number of imidazole rings is 1. The van der Waals surface area contributed by atoms with Crippen LogP contribution in [0.15, 0.2) is 23.0 Å². The Labute approximate surface area is 101 Å². The summed E-state index contributed by atoms with van der Waals surface area (Å²) in [4.78, 5) is 8.45. The lowest BCUT2D eigenvalue weighted by molar-refractivity contribution is 0.439. The van der Waals surface area contributed by atoms with Gasteiger partial charge in [-0.1, -0.05) is 6.92 Å². The summed E-state index contributed by atoms with van der Waals surface area (Å²) in [5.41, 5.74) is 0. The molecule has 2 heterocycles. The largest absolute Gasteiger partial charge is 0.444 e. The Hall–Kier alpha value is -1.62. The molecule has 0 aliphatic carbocycles. The standard InChI is InChI=1S/C12H18N4O/c1-3-10-8-15-12(17-10)9-13-5-4-11-14-6-7-16(11)2/h6-8,13H,3-5,9H2,1-2H3. The molecule has 92 valence electrons. The molecule has 2 aromatic heterocycles. The molecule has 5 nitrogen and oxygen atoms in total. The Bertz CT molecular complexity index is 461. The number of nitrogens with one attached hydrogen (secondary N) is 1. The highest BCUT2D eigenvalue weighted by Gasteiger charge is 2.02. The van der Waals surface area contributed by atoms with Crippen molar-refractivity contribution in [1.29, 1.82) is 0 Å². The fourth-order valence-corrected chi connectivity index (χ4v) is 1.63. The summed E-state index contributed by atoms with van der Waals surface area (Å²) in [6.07, 6.45) is 7.36. The van der Waals surface area contributed by atoms with E-state index in [9.17, 15) is 0 Å². The number of aromatic nitrogens is 3. The first-order valence-electron chi connectivity index (χ1n) is 5.90. The predicted molar refractivity (Wildman–Crippen MR) is 64.5 cm³/mol. The van der Waals surface area contributed by atoms with E-state index in [2.05, 4.69) is 22.2 Å². The van der Waals surface area contributed by atoms with Crippen LogP contribution in [0, 0.1) is 0 Å². The van der Waals surface area contributed by atoms with Gasteiger partial charge < -0.3 is 14.3 Å². The van der Waals surface area contributed by atoms with Gasteiger partial charge in [0.15, 0.2) is 0 Å². The van der Waals surface area contributed by atoms with E-state index in [4.69, 9.17) is 4.42 Å². The summed E-state index contributed by atoms with van der Waals surface area (Å²) in [6, 6.07) is 0. The second-order valence-corrected chi connectivity index (χ2v) is 3.96. The number of oxazole rings is 1. The molecular weight excluding hydrogens is 216 g/mol. The molecule has 0 radical (unpaired) electrons. The lowest BCUT2D eigenvalue weighted by Gasteiger charge is -2.02. The van der Waals surface area contributed by atoms with E-state index < -0.39 is 0 Å². The van der Waals surface area contributed by atoms with Crippen LogP contribution in [0.3, 0.4) is 0 Å². The van der Waals surface area contributed by atoms with Crippen molar-refractivity contribution in [3.8, 4) is 0 Å². The SMILES string of the molecule is CCc1cnc(CNCCc2nccn2C)o1. The maximum absolute atomic E-state index is 5.50. The molecule has 0 aliphatic rings. The van der Waals surface area contributed by atoms with Crippen LogP contribution >= 0.6 is 0 Å². The minimum atomic E-state index is 0.671. The first-order chi connectivity index (χ1) is 8.29. The van der Waals surface area contributed by atoms with Gasteiger partial charge in [0, 0.05) is 38.8 Å². The Morgan fingerprint density at radius 1 is 1.41 bits per heavy atom. The normalized spacial score (nSPS) is 10.9. The van der Waals surface area contributed by atoms with Gasteiger partial charge in [-0.05, 0) is 0 Å². The molecule has 0 saturated carbocycles. The fourth-order valence-electron chi connectivity index (χ4n) is 1.63. The summed E-state index contributed by atoms with van der Waals surface area (Å²) in [5, 5.41) is 3.30. The van der Waals surface area contributed by atoms with Crippen molar-refractivity contribution in [2.75, 3.05) is 6.54 Å². The van der Waals surface area contributed by atoms with Crippen molar-refractivity contribution in [3.63, 3.8) is 0 Å². The van der Waals surface area contributed by atoms with E-state index in [1.807, 2.05) is 24.0 Å². The van der Waals surface area contributed by atoms with Crippen molar-refractivity contribution < 1.29 is 4.42 Å². The highest BCUT2D eigenvalue weighted by Crippen LogP contribution is 2.03. The molecule has 0 aromatic carbocycles. The molecule has 2 rings (SSSR count). The molecule has 0 unspecified atom stereocenters. The van der Waals surface area contributed by atoms with Gasteiger partial charge in [0.1, 0.15) is 11.6 Å². The van der Waals surface area contributed by atoms with E-state index >= 15 is 0 Å². The molecule has 1 N–H and O–H groups in total. The van der Waals surface area contributed by atoms with Crippen molar-refractivity contribution in [2.24, 2.45) is 7.05 Å². The molecule has 0 amide bonds.